The lowest BCUT2D eigenvalue weighted by molar-refractivity contribution is -0.133. The van der Waals surface area contributed by atoms with Crippen LogP contribution in [-0.2, 0) is 9.59 Å². The molecule has 1 aromatic carbocycles. The van der Waals surface area contributed by atoms with Crippen molar-refractivity contribution in [3.05, 3.63) is 35.4 Å². The molecule has 1 aliphatic carbocycles. The summed E-state index contributed by atoms with van der Waals surface area (Å²) in [4.78, 5) is 37.1. The molecule has 6 heteroatoms. The second-order valence-corrected chi connectivity index (χ2v) is 7.32. The molecule has 3 amide bonds. The lowest BCUT2D eigenvalue weighted by Crippen LogP contribution is -2.55. The maximum Gasteiger partial charge on any atom is 0.261 e. The van der Waals surface area contributed by atoms with Gasteiger partial charge in [-0.2, -0.15) is 0 Å². The molecule has 142 valence electrons. The normalized spacial score (nSPS) is 16.0. The summed E-state index contributed by atoms with van der Waals surface area (Å²) in [7, 11) is 0. The Labute approximate surface area is 155 Å². The Morgan fingerprint density at radius 3 is 2.27 bits per heavy atom. The van der Waals surface area contributed by atoms with E-state index in [0.717, 1.165) is 37.7 Å². The van der Waals surface area contributed by atoms with Crippen molar-refractivity contribution in [2.24, 2.45) is 11.8 Å². The Morgan fingerprint density at radius 1 is 1.00 bits per heavy atom. The first-order chi connectivity index (χ1) is 12.4. The van der Waals surface area contributed by atoms with Crippen molar-refractivity contribution in [2.45, 2.75) is 58.9 Å². The third-order valence-corrected chi connectivity index (χ3v) is 4.91. The molecule has 26 heavy (non-hydrogen) atoms. The summed E-state index contributed by atoms with van der Waals surface area (Å²) < 4.78 is 0. The highest BCUT2D eigenvalue weighted by Gasteiger charge is 2.27. The van der Waals surface area contributed by atoms with Crippen molar-refractivity contribution >= 4 is 17.7 Å². The average Bonchev–Trinajstić information content (AvgIpc) is 2.64. The van der Waals surface area contributed by atoms with E-state index in [1.54, 1.807) is 12.1 Å². The van der Waals surface area contributed by atoms with E-state index in [-0.39, 0.29) is 23.7 Å². The van der Waals surface area contributed by atoms with Gasteiger partial charge < -0.3 is 5.32 Å². The number of hydrazine groups is 1. The van der Waals surface area contributed by atoms with E-state index in [0.29, 0.717) is 5.56 Å². The van der Waals surface area contributed by atoms with Crippen LogP contribution in [0.3, 0.4) is 0 Å². The Bertz CT molecular complexity index is 651. The van der Waals surface area contributed by atoms with Gasteiger partial charge >= 0.3 is 0 Å². The molecule has 0 aliphatic heterocycles. The van der Waals surface area contributed by atoms with E-state index in [1.165, 1.54) is 0 Å². The highest BCUT2D eigenvalue weighted by molar-refractivity contribution is 5.98. The number of rotatable bonds is 5. The number of amides is 3. The SMILES string of the molecule is Cc1ccccc1C(=O)N[C@H](C(=O)NNC(=O)C1CCCCC1)C(C)C. The van der Waals surface area contributed by atoms with Crippen molar-refractivity contribution < 1.29 is 14.4 Å². The summed E-state index contributed by atoms with van der Waals surface area (Å²) in [5.41, 5.74) is 6.39. The lowest BCUT2D eigenvalue weighted by atomic mass is 9.89. The van der Waals surface area contributed by atoms with E-state index in [9.17, 15) is 14.4 Å². The largest absolute Gasteiger partial charge is 0.340 e. The molecule has 1 aromatic rings. The van der Waals surface area contributed by atoms with Gasteiger partial charge in [-0.1, -0.05) is 51.3 Å². The van der Waals surface area contributed by atoms with Crippen LogP contribution >= 0.6 is 0 Å². The third kappa shape index (κ3) is 5.31. The quantitative estimate of drug-likeness (QED) is 0.706. The van der Waals surface area contributed by atoms with Crippen LogP contribution in [0.15, 0.2) is 24.3 Å². The highest BCUT2D eigenvalue weighted by atomic mass is 16.2. The fraction of sp³-hybridized carbons (Fsp3) is 0.550. The van der Waals surface area contributed by atoms with Gasteiger partial charge in [-0.3, -0.25) is 25.2 Å². The van der Waals surface area contributed by atoms with Crippen LogP contribution in [0.1, 0.15) is 61.9 Å². The Morgan fingerprint density at radius 2 is 1.65 bits per heavy atom. The maximum atomic E-state index is 12.5. The van der Waals surface area contributed by atoms with Gasteiger partial charge in [-0.05, 0) is 37.3 Å². The average molecular weight is 359 g/mol. The number of nitrogens with one attached hydrogen (secondary N) is 3. The number of carbonyl (C=O) groups is 3. The molecule has 1 aliphatic rings. The van der Waals surface area contributed by atoms with Gasteiger partial charge in [0.05, 0.1) is 0 Å². The molecule has 0 radical (unpaired) electrons. The van der Waals surface area contributed by atoms with Crippen LogP contribution in [0.4, 0.5) is 0 Å². The van der Waals surface area contributed by atoms with Crippen molar-refractivity contribution in [1.82, 2.24) is 16.2 Å². The molecular weight excluding hydrogens is 330 g/mol. The van der Waals surface area contributed by atoms with Gasteiger partial charge in [0.1, 0.15) is 6.04 Å². The van der Waals surface area contributed by atoms with Crippen LogP contribution in [0.2, 0.25) is 0 Å². The van der Waals surface area contributed by atoms with Gasteiger partial charge in [-0.15, -0.1) is 0 Å². The molecule has 0 spiro atoms. The second-order valence-electron chi connectivity index (χ2n) is 7.32. The van der Waals surface area contributed by atoms with Crippen LogP contribution in [0.5, 0.6) is 0 Å². The molecule has 0 heterocycles. The zero-order valence-corrected chi connectivity index (χ0v) is 15.8. The third-order valence-electron chi connectivity index (χ3n) is 4.91. The zero-order chi connectivity index (χ0) is 19.1. The van der Waals surface area contributed by atoms with Gasteiger partial charge in [0.2, 0.25) is 5.91 Å². The van der Waals surface area contributed by atoms with Crippen molar-refractivity contribution in [2.75, 3.05) is 0 Å². The predicted molar refractivity (Wildman–Crippen MR) is 100 cm³/mol. The Balaban J connectivity index is 1.93. The highest BCUT2D eigenvalue weighted by Crippen LogP contribution is 2.23. The minimum absolute atomic E-state index is 0.0388. The van der Waals surface area contributed by atoms with Crippen LogP contribution in [0, 0.1) is 18.8 Å². The fourth-order valence-electron chi connectivity index (χ4n) is 3.25. The molecule has 0 saturated heterocycles. The minimum Gasteiger partial charge on any atom is -0.340 e. The first-order valence-corrected chi connectivity index (χ1v) is 9.36. The summed E-state index contributed by atoms with van der Waals surface area (Å²) in [5.74, 6) is -1.01. The summed E-state index contributed by atoms with van der Waals surface area (Å²) in [6, 6.07) is 6.50. The van der Waals surface area contributed by atoms with E-state index in [1.807, 2.05) is 32.9 Å². The van der Waals surface area contributed by atoms with Crippen molar-refractivity contribution in [3.8, 4) is 0 Å². The topological polar surface area (TPSA) is 87.3 Å². The summed E-state index contributed by atoms with van der Waals surface area (Å²) in [6.07, 6.45) is 4.98. The van der Waals surface area contributed by atoms with Crippen molar-refractivity contribution in [3.63, 3.8) is 0 Å². The van der Waals surface area contributed by atoms with Crippen LogP contribution in [-0.4, -0.2) is 23.8 Å². The molecule has 1 atom stereocenters. The minimum atomic E-state index is -0.728. The van der Waals surface area contributed by atoms with E-state index >= 15 is 0 Å². The first kappa shape index (κ1) is 19.9. The standard InChI is InChI=1S/C20H29N3O3/c1-13(2)17(21-19(25)16-12-8-7-9-14(16)3)20(26)23-22-18(24)15-10-5-4-6-11-15/h7-9,12-13,15,17H,4-6,10-11H2,1-3H3,(H,21,25)(H,22,24)(H,23,26)/t17-/m0/s1. The van der Waals surface area contributed by atoms with Gasteiger partial charge in [0.25, 0.3) is 11.8 Å². The van der Waals surface area contributed by atoms with E-state index < -0.39 is 11.9 Å². The molecular formula is C20H29N3O3. The summed E-state index contributed by atoms with van der Waals surface area (Å²) in [5, 5.41) is 2.77. The van der Waals surface area contributed by atoms with Crippen LogP contribution < -0.4 is 16.2 Å². The molecule has 6 nitrogen and oxygen atoms in total. The van der Waals surface area contributed by atoms with E-state index in [2.05, 4.69) is 16.2 Å². The predicted octanol–water partition coefficient (Wildman–Crippen LogP) is 2.48. The Kier molecular flexibility index (Phi) is 7.18. The number of benzene rings is 1. The maximum absolute atomic E-state index is 12.5. The lowest BCUT2D eigenvalue weighted by Gasteiger charge is -2.24. The monoisotopic (exact) mass is 359 g/mol. The fourth-order valence-corrected chi connectivity index (χ4v) is 3.25. The molecule has 3 N–H and O–H groups in total. The van der Waals surface area contributed by atoms with Crippen molar-refractivity contribution in [1.29, 1.82) is 0 Å². The van der Waals surface area contributed by atoms with Gasteiger partial charge in [0.15, 0.2) is 0 Å². The number of hydrogen-bond acceptors (Lipinski definition) is 3. The van der Waals surface area contributed by atoms with Gasteiger partial charge in [0, 0.05) is 11.5 Å². The molecule has 0 bridgehead atoms. The summed E-state index contributed by atoms with van der Waals surface area (Å²) in [6.45, 7) is 5.56. The second kappa shape index (κ2) is 9.36. The number of aryl methyl sites for hydroxylation is 1. The molecule has 0 unspecified atom stereocenters. The summed E-state index contributed by atoms with van der Waals surface area (Å²) >= 11 is 0. The smallest absolute Gasteiger partial charge is 0.261 e. The number of carbonyl (C=O) groups excluding carboxylic acids is 3. The Hall–Kier alpha value is -2.37. The van der Waals surface area contributed by atoms with E-state index in [4.69, 9.17) is 0 Å². The van der Waals surface area contributed by atoms with Crippen LogP contribution in [0.25, 0.3) is 0 Å². The molecule has 2 rings (SSSR count). The molecule has 1 fully saturated rings. The first-order valence-electron chi connectivity index (χ1n) is 9.36. The number of hydrogen-bond donors (Lipinski definition) is 3. The molecule has 1 saturated carbocycles. The zero-order valence-electron chi connectivity index (χ0n) is 15.8. The van der Waals surface area contributed by atoms with Gasteiger partial charge in [-0.25, -0.2) is 0 Å². The molecule has 0 aromatic heterocycles.